The molecule has 6 heteroatoms. The first kappa shape index (κ1) is 13.2. The molecule has 1 aromatic carbocycles. The number of benzene rings is 1. The van der Waals surface area contributed by atoms with Crippen LogP contribution in [0.3, 0.4) is 0 Å². The van der Waals surface area contributed by atoms with E-state index in [0.29, 0.717) is 11.7 Å². The second kappa shape index (κ2) is 5.32. The maximum Gasteiger partial charge on any atom is 0.260 e. The molecule has 0 aliphatic carbocycles. The molecule has 21 heavy (non-hydrogen) atoms. The van der Waals surface area contributed by atoms with Gasteiger partial charge in [-0.05, 0) is 43.7 Å². The van der Waals surface area contributed by atoms with Gasteiger partial charge < -0.3 is 9.63 Å². The average Bonchev–Trinajstić information content (AvgIpc) is 2.97. The molecule has 2 heterocycles. The molecule has 0 aliphatic heterocycles. The van der Waals surface area contributed by atoms with Crippen molar-refractivity contribution in [2.75, 3.05) is 0 Å². The molecule has 0 unspecified atom stereocenters. The summed E-state index contributed by atoms with van der Waals surface area (Å²) in [5, 5.41) is 21.5. The Hall–Kier alpha value is -2.76. The minimum Gasteiger partial charge on any atom is -0.508 e. The lowest BCUT2D eigenvalue weighted by Crippen LogP contribution is -1.97. The Morgan fingerprint density at radius 1 is 1.14 bits per heavy atom. The van der Waals surface area contributed by atoms with E-state index >= 15 is 0 Å². The van der Waals surface area contributed by atoms with Gasteiger partial charge in [0.2, 0.25) is 5.82 Å². The van der Waals surface area contributed by atoms with Gasteiger partial charge in [-0.1, -0.05) is 12.1 Å². The predicted octanol–water partition coefficient (Wildman–Crippen LogP) is 2.77. The van der Waals surface area contributed by atoms with E-state index in [1.807, 2.05) is 19.9 Å². The lowest BCUT2D eigenvalue weighted by Gasteiger charge is -2.01. The Morgan fingerprint density at radius 2 is 1.90 bits per heavy atom. The highest BCUT2D eigenvalue weighted by Crippen LogP contribution is 2.25. The first-order valence-corrected chi connectivity index (χ1v) is 6.64. The maximum absolute atomic E-state index is 9.31. The van der Waals surface area contributed by atoms with Crippen molar-refractivity contribution in [2.45, 2.75) is 20.3 Å². The number of aryl methyl sites for hydroxylation is 2. The molecule has 0 saturated heterocycles. The number of rotatable bonds is 3. The Kier molecular flexibility index (Phi) is 3.35. The number of hydrogen-bond donors (Lipinski definition) is 1. The van der Waals surface area contributed by atoms with Crippen LogP contribution >= 0.6 is 0 Å². The molecular formula is C15H14N4O2. The molecule has 1 N–H and O–H groups in total. The van der Waals surface area contributed by atoms with E-state index in [9.17, 15) is 5.11 Å². The topological polar surface area (TPSA) is 84.9 Å². The highest BCUT2D eigenvalue weighted by molar-refractivity contribution is 5.61. The van der Waals surface area contributed by atoms with E-state index in [1.165, 1.54) is 0 Å². The number of nitrogens with zero attached hydrogens (tertiary/aromatic N) is 4. The van der Waals surface area contributed by atoms with Crippen LogP contribution in [0.2, 0.25) is 0 Å². The Labute approximate surface area is 121 Å². The minimum atomic E-state index is 0.199. The van der Waals surface area contributed by atoms with Crippen LogP contribution < -0.4 is 0 Å². The summed E-state index contributed by atoms with van der Waals surface area (Å²) < 4.78 is 5.34. The Balaban J connectivity index is 2.02. The fraction of sp³-hybridized carbons (Fsp3) is 0.200. The summed E-state index contributed by atoms with van der Waals surface area (Å²) in [4.78, 5) is 4.40. The summed E-state index contributed by atoms with van der Waals surface area (Å²) in [6, 6.07) is 8.53. The van der Waals surface area contributed by atoms with Gasteiger partial charge in [0.15, 0.2) is 0 Å². The molecule has 0 aliphatic rings. The van der Waals surface area contributed by atoms with Crippen molar-refractivity contribution in [3.8, 4) is 28.6 Å². The molecule has 0 radical (unpaired) electrons. The summed E-state index contributed by atoms with van der Waals surface area (Å²) in [5.41, 5.74) is 3.20. The van der Waals surface area contributed by atoms with E-state index in [4.69, 9.17) is 4.52 Å². The molecule has 3 aromatic rings. The molecule has 0 spiro atoms. The van der Waals surface area contributed by atoms with Gasteiger partial charge in [0.05, 0.1) is 17.0 Å². The first-order chi connectivity index (χ1) is 10.2. The fourth-order valence-electron chi connectivity index (χ4n) is 2.02. The number of aromatic hydroxyl groups is 1. The number of phenols is 1. The first-order valence-electron chi connectivity index (χ1n) is 6.64. The van der Waals surface area contributed by atoms with Gasteiger partial charge in [-0.15, -0.1) is 0 Å². The largest absolute Gasteiger partial charge is 0.508 e. The molecule has 3 rings (SSSR count). The monoisotopic (exact) mass is 282 g/mol. The van der Waals surface area contributed by atoms with Crippen molar-refractivity contribution in [3.05, 3.63) is 41.7 Å². The van der Waals surface area contributed by atoms with Crippen LogP contribution in [0, 0.1) is 6.92 Å². The van der Waals surface area contributed by atoms with Gasteiger partial charge in [0, 0.05) is 5.56 Å². The van der Waals surface area contributed by atoms with E-state index in [1.54, 1.807) is 24.3 Å². The molecule has 0 saturated carbocycles. The zero-order valence-electron chi connectivity index (χ0n) is 11.7. The van der Waals surface area contributed by atoms with Crippen molar-refractivity contribution >= 4 is 0 Å². The van der Waals surface area contributed by atoms with Gasteiger partial charge in [-0.2, -0.15) is 15.2 Å². The van der Waals surface area contributed by atoms with E-state index in [-0.39, 0.29) is 5.75 Å². The lowest BCUT2D eigenvalue weighted by molar-refractivity contribution is 0.431. The predicted molar refractivity (Wildman–Crippen MR) is 76.5 cm³/mol. The van der Waals surface area contributed by atoms with Crippen molar-refractivity contribution in [2.24, 2.45) is 0 Å². The van der Waals surface area contributed by atoms with Crippen molar-refractivity contribution in [1.29, 1.82) is 0 Å². The highest BCUT2D eigenvalue weighted by Gasteiger charge is 2.15. The SMILES string of the molecule is CCc1nnc(C)cc1-c1nc(-c2ccc(O)cc2)no1. The number of hydrogen-bond acceptors (Lipinski definition) is 6. The van der Waals surface area contributed by atoms with Gasteiger partial charge in [-0.3, -0.25) is 0 Å². The normalized spacial score (nSPS) is 10.8. The van der Waals surface area contributed by atoms with Gasteiger partial charge >= 0.3 is 0 Å². The zero-order chi connectivity index (χ0) is 14.8. The van der Waals surface area contributed by atoms with Crippen molar-refractivity contribution < 1.29 is 9.63 Å². The van der Waals surface area contributed by atoms with E-state index in [2.05, 4.69) is 20.3 Å². The van der Waals surface area contributed by atoms with Crippen LogP contribution in [0.4, 0.5) is 0 Å². The third kappa shape index (κ3) is 2.60. The quantitative estimate of drug-likeness (QED) is 0.795. The summed E-state index contributed by atoms with van der Waals surface area (Å²) in [5.74, 6) is 1.10. The third-order valence-corrected chi connectivity index (χ3v) is 3.11. The second-order valence-electron chi connectivity index (χ2n) is 4.67. The molecule has 0 bridgehead atoms. The van der Waals surface area contributed by atoms with Crippen LogP contribution in [0.25, 0.3) is 22.8 Å². The second-order valence-corrected chi connectivity index (χ2v) is 4.67. The Bertz CT molecular complexity index is 766. The molecule has 106 valence electrons. The minimum absolute atomic E-state index is 0.199. The zero-order valence-corrected chi connectivity index (χ0v) is 11.7. The van der Waals surface area contributed by atoms with E-state index in [0.717, 1.165) is 28.9 Å². The molecule has 6 nitrogen and oxygen atoms in total. The molecular weight excluding hydrogens is 268 g/mol. The van der Waals surface area contributed by atoms with Crippen molar-refractivity contribution in [3.63, 3.8) is 0 Å². The Morgan fingerprint density at radius 3 is 2.62 bits per heavy atom. The van der Waals surface area contributed by atoms with Gasteiger partial charge in [-0.25, -0.2) is 0 Å². The fourth-order valence-corrected chi connectivity index (χ4v) is 2.02. The van der Waals surface area contributed by atoms with E-state index < -0.39 is 0 Å². The van der Waals surface area contributed by atoms with Crippen LogP contribution in [0.5, 0.6) is 5.75 Å². The average molecular weight is 282 g/mol. The number of aromatic nitrogens is 4. The van der Waals surface area contributed by atoms with Crippen LogP contribution in [0.15, 0.2) is 34.9 Å². The van der Waals surface area contributed by atoms with Crippen molar-refractivity contribution in [1.82, 2.24) is 20.3 Å². The maximum atomic E-state index is 9.31. The third-order valence-electron chi connectivity index (χ3n) is 3.11. The van der Waals surface area contributed by atoms with Crippen LogP contribution in [0.1, 0.15) is 18.3 Å². The van der Waals surface area contributed by atoms with Crippen LogP contribution in [-0.4, -0.2) is 25.4 Å². The highest BCUT2D eigenvalue weighted by atomic mass is 16.5. The molecule has 0 fully saturated rings. The van der Waals surface area contributed by atoms with Crippen LogP contribution in [-0.2, 0) is 6.42 Å². The summed E-state index contributed by atoms with van der Waals surface area (Å²) >= 11 is 0. The molecule has 2 aromatic heterocycles. The number of phenolic OH excluding ortho intramolecular Hbond substituents is 1. The summed E-state index contributed by atoms with van der Waals surface area (Å²) in [6.07, 6.45) is 0.736. The lowest BCUT2D eigenvalue weighted by atomic mass is 10.1. The van der Waals surface area contributed by atoms with Gasteiger partial charge in [0.25, 0.3) is 5.89 Å². The summed E-state index contributed by atoms with van der Waals surface area (Å²) in [7, 11) is 0. The standard InChI is InChI=1S/C15H14N4O2/c1-3-13-12(8-9(2)17-18-13)15-16-14(19-21-15)10-4-6-11(20)7-5-10/h4-8,20H,3H2,1-2H3. The molecule has 0 atom stereocenters. The summed E-state index contributed by atoms with van der Waals surface area (Å²) in [6.45, 7) is 3.87. The molecule has 0 amide bonds. The van der Waals surface area contributed by atoms with Gasteiger partial charge in [0.1, 0.15) is 5.75 Å². The smallest absolute Gasteiger partial charge is 0.260 e.